The van der Waals surface area contributed by atoms with E-state index in [0.717, 1.165) is 19.3 Å². The lowest BCUT2D eigenvalue weighted by molar-refractivity contribution is 0.0952. The molecule has 0 atom stereocenters. The third-order valence-corrected chi connectivity index (χ3v) is 6.41. The van der Waals surface area contributed by atoms with Crippen molar-refractivity contribution in [2.24, 2.45) is 0 Å². The van der Waals surface area contributed by atoms with Gasteiger partial charge in [0.1, 0.15) is 16.4 Å². The summed E-state index contributed by atoms with van der Waals surface area (Å²) in [5.41, 5.74) is 0.296. The van der Waals surface area contributed by atoms with E-state index in [-0.39, 0.29) is 37.8 Å². The first-order chi connectivity index (χ1) is 14.2. The van der Waals surface area contributed by atoms with E-state index < -0.39 is 10.0 Å². The smallest absolute Gasteiger partial charge is 0.263 e. The fourth-order valence-electron chi connectivity index (χ4n) is 2.67. The summed E-state index contributed by atoms with van der Waals surface area (Å²) in [6, 6.07) is 6.91. The Morgan fingerprint density at radius 2 is 1.70 bits per heavy atom. The zero-order chi connectivity index (χ0) is 22.3. The van der Waals surface area contributed by atoms with Crippen LogP contribution in [-0.4, -0.2) is 35.1 Å². The number of unbranched alkanes of at least 4 members (excludes halogenated alkanes) is 2. The normalized spacial score (nSPS) is 11.1. The first-order valence-electron chi connectivity index (χ1n) is 9.25. The Hall–Kier alpha value is -2.16. The summed E-state index contributed by atoms with van der Waals surface area (Å²) in [5, 5.41) is 2.94. The second kappa shape index (κ2) is 10.7. The highest BCUT2D eigenvalue weighted by Gasteiger charge is 2.23. The van der Waals surface area contributed by atoms with E-state index in [9.17, 15) is 13.2 Å². The van der Waals surface area contributed by atoms with Gasteiger partial charge in [0.15, 0.2) is 0 Å². The Morgan fingerprint density at radius 1 is 1.00 bits per heavy atom. The van der Waals surface area contributed by atoms with Crippen molar-refractivity contribution in [1.82, 2.24) is 5.32 Å². The van der Waals surface area contributed by atoms with Gasteiger partial charge in [0, 0.05) is 18.2 Å². The summed E-state index contributed by atoms with van der Waals surface area (Å²) >= 11 is 12.2. The van der Waals surface area contributed by atoms with Gasteiger partial charge in [-0.3, -0.25) is 9.52 Å². The Kier molecular flexibility index (Phi) is 8.64. The molecule has 0 saturated heterocycles. The average Bonchev–Trinajstić information content (AvgIpc) is 2.71. The molecule has 0 aromatic heterocycles. The van der Waals surface area contributed by atoms with Gasteiger partial charge in [-0.15, -0.1) is 0 Å². The van der Waals surface area contributed by atoms with Crippen molar-refractivity contribution >= 4 is 44.8 Å². The second-order valence-electron chi connectivity index (χ2n) is 6.40. The molecular formula is C20H24Cl2N2O5S. The highest BCUT2D eigenvalue weighted by atomic mass is 35.5. The number of anilines is 1. The van der Waals surface area contributed by atoms with Gasteiger partial charge in [-0.25, -0.2) is 8.42 Å². The number of hydrogen-bond donors (Lipinski definition) is 2. The SMILES string of the molecule is CCCCCNC(=O)c1ccc(Cl)c(S(=O)(=O)Nc2cc(Cl)c(OC)cc2OC)c1. The molecule has 2 aromatic carbocycles. The predicted molar refractivity (Wildman–Crippen MR) is 119 cm³/mol. The number of carbonyl (C=O) groups excluding carboxylic acids is 1. The highest BCUT2D eigenvalue weighted by Crippen LogP contribution is 2.37. The molecule has 1 amide bonds. The summed E-state index contributed by atoms with van der Waals surface area (Å²) in [6.07, 6.45) is 2.88. The van der Waals surface area contributed by atoms with Gasteiger partial charge in [0.05, 0.1) is 30.0 Å². The first-order valence-corrected chi connectivity index (χ1v) is 11.5. The minimum absolute atomic E-state index is 0.0244. The third kappa shape index (κ3) is 5.93. The van der Waals surface area contributed by atoms with Crippen LogP contribution in [0, 0.1) is 0 Å². The summed E-state index contributed by atoms with van der Waals surface area (Å²) in [6.45, 7) is 2.58. The van der Waals surface area contributed by atoms with Crippen LogP contribution in [0.5, 0.6) is 11.5 Å². The number of ether oxygens (including phenoxy) is 2. The molecule has 30 heavy (non-hydrogen) atoms. The quantitative estimate of drug-likeness (QED) is 0.485. The molecule has 0 bridgehead atoms. The number of carbonyl (C=O) groups is 1. The van der Waals surface area contributed by atoms with E-state index in [1.165, 1.54) is 44.6 Å². The van der Waals surface area contributed by atoms with Crippen LogP contribution >= 0.6 is 23.2 Å². The molecule has 0 unspecified atom stereocenters. The standard InChI is InChI=1S/C20H24Cl2N2O5S/c1-4-5-6-9-23-20(25)13-7-8-14(21)19(10-13)30(26,27)24-16-11-15(22)17(28-2)12-18(16)29-3/h7-8,10-12,24H,4-6,9H2,1-3H3,(H,23,25). The van der Waals surface area contributed by atoms with Crippen LogP contribution < -0.4 is 19.5 Å². The maximum Gasteiger partial charge on any atom is 0.263 e. The number of methoxy groups -OCH3 is 2. The Morgan fingerprint density at radius 3 is 2.33 bits per heavy atom. The van der Waals surface area contributed by atoms with E-state index in [4.69, 9.17) is 32.7 Å². The van der Waals surface area contributed by atoms with Gasteiger partial charge in [0.25, 0.3) is 15.9 Å². The molecule has 2 aromatic rings. The van der Waals surface area contributed by atoms with Gasteiger partial charge in [-0.05, 0) is 30.7 Å². The Labute approximate surface area is 186 Å². The molecule has 0 saturated carbocycles. The van der Waals surface area contributed by atoms with Crippen LogP contribution in [0.2, 0.25) is 10.0 Å². The molecule has 0 spiro atoms. The Bertz CT molecular complexity index is 1010. The molecular weight excluding hydrogens is 451 g/mol. The summed E-state index contributed by atoms with van der Waals surface area (Å²) in [5.74, 6) is 0.168. The van der Waals surface area contributed by atoms with Crippen LogP contribution in [0.25, 0.3) is 0 Å². The van der Waals surface area contributed by atoms with E-state index in [1.807, 2.05) is 0 Å². The fraction of sp³-hybridized carbons (Fsp3) is 0.350. The number of sulfonamides is 1. The molecule has 10 heteroatoms. The summed E-state index contributed by atoms with van der Waals surface area (Å²) < 4.78 is 38.7. The molecule has 0 fully saturated rings. The summed E-state index contributed by atoms with van der Waals surface area (Å²) in [4.78, 5) is 12.1. The number of benzene rings is 2. The van der Waals surface area contributed by atoms with Crippen molar-refractivity contribution < 1.29 is 22.7 Å². The lowest BCUT2D eigenvalue weighted by Crippen LogP contribution is -2.25. The molecule has 164 valence electrons. The number of nitrogens with one attached hydrogen (secondary N) is 2. The maximum atomic E-state index is 13.0. The third-order valence-electron chi connectivity index (χ3n) is 4.27. The van der Waals surface area contributed by atoms with Crippen LogP contribution in [-0.2, 0) is 10.0 Å². The lowest BCUT2D eigenvalue weighted by atomic mass is 10.2. The predicted octanol–water partition coefficient (Wildman–Crippen LogP) is 4.73. The molecule has 0 aliphatic heterocycles. The van der Waals surface area contributed by atoms with E-state index in [1.54, 1.807) is 0 Å². The van der Waals surface area contributed by atoms with E-state index >= 15 is 0 Å². The second-order valence-corrected chi connectivity index (χ2v) is 8.87. The molecule has 7 nitrogen and oxygen atoms in total. The average molecular weight is 475 g/mol. The highest BCUT2D eigenvalue weighted by molar-refractivity contribution is 7.92. The number of hydrogen-bond acceptors (Lipinski definition) is 5. The molecule has 2 N–H and O–H groups in total. The topological polar surface area (TPSA) is 93.7 Å². The van der Waals surface area contributed by atoms with Crippen LogP contribution in [0.1, 0.15) is 36.5 Å². The molecule has 0 aliphatic rings. The maximum absolute atomic E-state index is 13.0. The first kappa shape index (κ1) is 24.1. The van der Waals surface area contributed by atoms with E-state index in [2.05, 4.69) is 17.0 Å². The molecule has 2 rings (SSSR count). The van der Waals surface area contributed by atoms with Gasteiger partial charge < -0.3 is 14.8 Å². The molecule has 0 heterocycles. The monoisotopic (exact) mass is 474 g/mol. The van der Waals surface area contributed by atoms with Gasteiger partial charge >= 0.3 is 0 Å². The Balaban J connectivity index is 2.32. The fourth-order valence-corrected chi connectivity index (χ4v) is 4.50. The lowest BCUT2D eigenvalue weighted by Gasteiger charge is -2.15. The van der Waals surface area contributed by atoms with Crippen LogP contribution in [0.4, 0.5) is 5.69 Å². The minimum Gasteiger partial charge on any atom is -0.495 e. The van der Waals surface area contributed by atoms with Crippen molar-refractivity contribution in [3.63, 3.8) is 0 Å². The van der Waals surface area contributed by atoms with Crippen LogP contribution in [0.15, 0.2) is 35.2 Å². The van der Waals surface area contributed by atoms with Crippen molar-refractivity contribution in [1.29, 1.82) is 0 Å². The van der Waals surface area contributed by atoms with Crippen LogP contribution in [0.3, 0.4) is 0 Å². The van der Waals surface area contributed by atoms with Gasteiger partial charge in [-0.1, -0.05) is 43.0 Å². The molecule has 0 aliphatic carbocycles. The van der Waals surface area contributed by atoms with Crippen molar-refractivity contribution in [2.45, 2.75) is 31.1 Å². The van der Waals surface area contributed by atoms with Gasteiger partial charge in [-0.2, -0.15) is 0 Å². The zero-order valence-corrected chi connectivity index (χ0v) is 19.2. The largest absolute Gasteiger partial charge is 0.495 e. The zero-order valence-electron chi connectivity index (χ0n) is 16.9. The van der Waals surface area contributed by atoms with Crippen molar-refractivity contribution in [3.05, 3.63) is 45.9 Å². The van der Waals surface area contributed by atoms with Crippen molar-refractivity contribution in [2.75, 3.05) is 25.5 Å². The number of rotatable bonds is 10. The molecule has 0 radical (unpaired) electrons. The number of halogens is 2. The van der Waals surface area contributed by atoms with Gasteiger partial charge in [0.2, 0.25) is 0 Å². The number of amides is 1. The van der Waals surface area contributed by atoms with Crippen molar-refractivity contribution in [3.8, 4) is 11.5 Å². The minimum atomic E-state index is -4.14. The summed E-state index contributed by atoms with van der Waals surface area (Å²) in [7, 11) is -1.32. The van der Waals surface area contributed by atoms with E-state index in [0.29, 0.717) is 12.3 Å².